The molecule has 0 aromatic heterocycles. The molecular formula is C25H28N4O2. The number of carbonyl (C=O) groups is 2. The Morgan fingerprint density at radius 2 is 2.03 bits per heavy atom. The van der Waals surface area contributed by atoms with Gasteiger partial charge in [0.2, 0.25) is 11.8 Å². The van der Waals surface area contributed by atoms with E-state index in [-0.39, 0.29) is 23.8 Å². The highest BCUT2D eigenvalue weighted by Crippen LogP contribution is 2.25. The average molecular weight is 417 g/mol. The second-order valence-corrected chi connectivity index (χ2v) is 8.37. The molecule has 2 aliphatic heterocycles. The molecule has 0 saturated carbocycles. The summed E-state index contributed by atoms with van der Waals surface area (Å²) < 4.78 is 0. The Morgan fingerprint density at radius 3 is 2.77 bits per heavy atom. The second-order valence-electron chi connectivity index (χ2n) is 8.37. The summed E-state index contributed by atoms with van der Waals surface area (Å²) in [5.41, 5.74) is 3.54. The SMILES string of the molecule is CCC1=CC2C=CC(CN3CCN(C(=O)Cc4cccc(C#N)c4)CC3)=CC2NC1=O. The third-order valence-corrected chi connectivity index (χ3v) is 6.25. The van der Waals surface area contributed by atoms with Crippen LogP contribution in [0.4, 0.5) is 0 Å². The largest absolute Gasteiger partial charge is 0.345 e. The fourth-order valence-electron chi connectivity index (χ4n) is 4.44. The van der Waals surface area contributed by atoms with Gasteiger partial charge in [0.05, 0.1) is 24.1 Å². The Morgan fingerprint density at radius 1 is 1.23 bits per heavy atom. The third kappa shape index (κ3) is 4.95. The Labute approximate surface area is 183 Å². The van der Waals surface area contributed by atoms with Crippen LogP contribution in [0.3, 0.4) is 0 Å². The van der Waals surface area contributed by atoms with E-state index in [0.29, 0.717) is 25.1 Å². The van der Waals surface area contributed by atoms with Gasteiger partial charge in [0.15, 0.2) is 0 Å². The Kier molecular flexibility index (Phi) is 6.34. The fourth-order valence-corrected chi connectivity index (χ4v) is 4.44. The summed E-state index contributed by atoms with van der Waals surface area (Å²) in [5.74, 6) is 0.394. The van der Waals surface area contributed by atoms with Gasteiger partial charge in [-0.3, -0.25) is 14.5 Å². The molecular weight excluding hydrogens is 388 g/mol. The van der Waals surface area contributed by atoms with Crippen LogP contribution < -0.4 is 5.32 Å². The second kappa shape index (κ2) is 9.32. The van der Waals surface area contributed by atoms with E-state index >= 15 is 0 Å². The minimum Gasteiger partial charge on any atom is -0.345 e. The first-order valence-electron chi connectivity index (χ1n) is 11.0. The molecule has 1 aliphatic carbocycles. The molecule has 160 valence electrons. The zero-order chi connectivity index (χ0) is 21.8. The summed E-state index contributed by atoms with van der Waals surface area (Å²) in [7, 11) is 0. The number of carbonyl (C=O) groups excluding carboxylic acids is 2. The van der Waals surface area contributed by atoms with Crippen molar-refractivity contribution in [2.24, 2.45) is 5.92 Å². The zero-order valence-corrected chi connectivity index (χ0v) is 17.9. The molecule has 1 N–H and O–H groups in total. The number of hydrogen-bond acceptors (Lipinski definition) is 4. The molecule has 3 aliphatic rings. The van der Waals surface area contributed by atoms with Crippen molar-refractivity contribution < 1.29 is 9.59 Å². The molecule has 2 heterocycles. The molecule has 31 heavy (non-hydrogen) atoms. The lowest BCUT2D eigenvalue weighted by atomic mass is 9.86. The van der Waals surface area contributed by atoms with Gasteiger partial charge in [-0.25, -0.2) is 0 Å². The maximum absolute atomic E-state index is 12.7. The molecule has 6 heteroatoms. The molecule has 0 bridgehead atoms. The minimum atomic E-state index is 0.0369. The standard InChI is InChI=1S/C25H28N4O2/c1-2-21-15-22-7-6-20(13-23(22)27-25(21)31)17-28-8-10-29(11-9-28)24(30)14-18-4-3-5-19(12-18)16-26/h3-7,12-13,15,22-23H,2,8-11,14,17H2,1H3,(H,27,31). The lowest BCUT2D eigenvalue weighted by molar-refractivity contribution is -0.132. The third-order valence-electron chi connectivity index (χ3n) is 6.25. The maximum Gasteiger partial charge on any atom is 0.247 e. The summed E-state index contributed by atoms with van der Waals surface area (Å²) in [6.07, 6.45) is 9.70. The van der Waals surface area contributed by atoms with Crippen LogP contribution >= 0.6 is 0 Å². The van der Waals surface area contributed by atoms with Crippen LogP contribution in [0, 0.1) is 17.2 Å². The average Bonchev–Trinajstić information content (AvgIpc) is 2.79. The van der Waals surface area contributed by atoms with Gasteiger partial charge in [-0.15, -0.1) is 0 Å². The van der Waals surface area contributed by atoms with Gasteiger partial charge >= 0.3 is 0 Å². The van der Waals surface area contributed by atoms with Gasteiger partial charge in [-0.2, -0.15) is 5.26 Å². The van der Waals surface area contributed by atoms with E-state index in [1.807, 2.05) is 24.0 Å². The van der Waals surface area contributed by atoms with Crippen molar-refractivity contribution in [3.05, 3.63) is 70.8 Å². The molecule has 1 aromatic rings. The molecule has 4 rings (SSSR count). The van der Waals surface area contributed by atoms with Crippen LogP contribution in [0.25, 0.3) is 0 Å². The summed E-state index contributed by atoms with van der Waals surface area (Å²) in [5, 5.41) is 12.1. The van der Waals surface area contributed by atoms with Crippen LogP contribution in [0.2, 0.25) is 0 Å². The smallest absolute Gasteiger partial charge is 0.247 e. The molecule has 1 aromatic carbocycles. The number of nitrogens with zero attached hydrogens (tertiary/aromatic N) is 3. The van der Waals surface area contributed by atoms with E-state index in [1.165, 1.54) is 5.57 Å². The molecule has 1 fully saturated rings. The van der Waals surface area contributed by atoms with Gasteiger partial charge in [0.1, 0.15) is 0 Å². The molecule has 1 saturated heterocycles. The first kappa shape index (κ1) is 21.1. The summed E-state index contributed by atoms with van der Waals surface area (Å²) >= 11 is 0. The van der Waals surface area contributed by atoms with E-state index in [0.717, 1.165) is 37.2 Å². The van der Waals surface area contributed by atoms with E-state index in [2.05, 4.69) is 40.6 Å². The number of fused-ring (bicyclic) bond motifs is 1. The predicted octanol–water partition coefficient (Wildman–Crippen LogP) is 2.19. The van der Waals surface area contributed by atoms with Crippen molar-refractivity contribution in [2.75, 3.05) is 32.7 Å². The van der Waals surface area contributed by atoms with Crippen molar-refractivity contribution in [3.63, 3.8) is 0 Å². The van der Waals surface area contributed by atoms with Crippen molar-refractivity contribution in [3.8, 4) is 6.07 Å². The first-order valence-corrected chi connectivity index (χ1v) is 11.0. The van der Waals surface area contributed by atoms with E-state index in [1.54, 1.807) is 12.1 Å². The molecule has 2 unspecified atom stereocenters. The van der Waals surface area contributed by atoms with Crippen LogP contribution in [-0.4, -0.2) is 60.4 Å². The molecule has 0 spiro atoms. The van der Waals surface area contributed by atoms with Crippen LogP contribution in [0.15, 0.2) is 59.7 Å². The first-order chi connectivity index (χ1) is 15.1. The van der Waals surface area contributed by atoms with Gasteiger partial charge in [0.25, 0.3) is 0 Å². The Balaban J connectivity index is 1.28. The number of piperazine rings is 1. The fraction of sp³-hybridized carbons (Fsp3) is 0.400. The van der Waals surface area contributed by atoms with Crippen molar-refractivity contribution in [1.29, 1.82) is 5.26 Å². The summed E-state index contributed by atoms with van der Waals surface area (Å²) in [4.78, 5) is 29.1. The van der Waals surface area contributed by atoms with Crippen LogP contribution in [0.5, 0.6) is 0 Å². The number of amides is 2. The highest BCUT2D eigenvalue weighted by molar-refractivity contribution is 5.94. The van der Waals surface area contributed by atoms with Gasteiger partial charge in [-0.05, 0) is 29.7 Å². The van der Waals surface area contributed by atoms with Crippen LogP contribution in [0.1, 0.15) is 24.5 Å². The molecule has 2 amide bonds. The van der Waals surface area contributed by atoms with E-state index in [4.69, 9.17) is 5.26 Å². The quantitative estimate of drug-likeness (QED) is 0.798. The maximum atomic E-state index is 12.7. The number of benzene rings is 1. The van der Waals surface area contributed by atoms with Gasteiger partial charge < -0.3 is 10.2 Å². The van der Waals surface area contributed by atoms with Crippen molar-refractivity contribution >= 4 is 11.8 Å². The zero-order valence-electron chi connectivity index (χ0n) is 17.9. The van der Waals surface area contributed by atoms with E-state index in [9.17, 15) is 9.59 Å². The Bertz CT molecular complexity index is 993. The number of nitriles is 1. The van der Waals surface area contributed by atoms with Gasteiger partial charge in [-0.1, -0.05) is 43.4 Å². The summed E-state index contributed by atoms with van der Waals surface area (Å²) in [6.45, 7) is 5.91. The normalized spacial score (nSPS) is 23.4. The molecule has 6 nitrogen and oxygen atoms in total. The Hall–Kier alpha value is -3.17. The minimum absolute atomic E-state index is 0.0369. The lowest BCUT2D eigenvalue weighted by Gasteiger charge is -2.36. The van der Waals surface area contributed by atoms with Crippen molar-refractivity contribution in [2.45, 2.75) is 25.8 Å². The molecule has 2 atom stereocenters. The number of hydrogen-bond donors (Lipinski definition) is 1. The highest BCUT2D eigenvalue weighted by atomic mass is 16.2. The number of rotatable bonds is 5. The van der Waals surface area contributed by atoms with Crippen molar-refractivity contribution in [1.82, 2.24) is 15.1 Å². The van der Waals surface area contributed by atoms with Crippen LogP contribution in [-0.2, 0) is 16.0 Å². The predicted molar refractivity (Wildman–Crippen MR) is 119 cm³/mol. The van der Waals surface area contributed by atoms with Gasteiger partial charge in [0, 0.05) is 44.2 Å². The highest BCUT2D eigenvalue weighted by Gasteiger charge is 2.28. The topological polar surface area (TPSA) is 76.4 Å². The van der Waals surface area contributed by atoms with E-state index < -0.39 is 0 Å². The number of nitrogens with one attached hydrogen (secondary N) is 1. The lowest BCUT2D eigenvalue weighted by Crippen LogP contribution is -2.49. The monoisotopic (exact) mass is 416 g/mol. The molecule has 0 radical (unpaired) electrons. The summed E-state index contributed by atoms with van der Waals surface area (Å²) in [6, 6.07) is 9.41.